The van der Waals surface area contributed by atoms with Gasteiger partial charge in [0.1, 0.15) is 5.60 Å². The van der Waals surface area contributed by atoms with Crippen molar-refractivity contribution in [2.24, 2.45) is 0 Å². The SMILES string of the molecule is CC(C)(C)OC(=O)C(O)C1OCCN(c2ccc(C(=O)N3CCOCC3)cc2)C1=O. The fourth-order valence-corrected chi connectivity index (χ4v) is 3.31. The molecule has 30 heavy (non-hydrogen) atoms. The predicted octanol–water partition coefficient (Wildman–Crippen LogP) is 0.593. The Bertz CT molecular complexity index is 782. The molecule has 2 fully saturated rings. The zero-order valence-corrected chi connectivity index (χ0v) is 17.5. The van der Waals surface area contributed by atoms with Crippen molar-refractivity contribution in [2.75, 3.05) is 44.4 Å². The minimum absolute atomic E-state index is 0.0867. The lowest BCUT2D eigenvalue weighted by Crippen LogP contribution is -2.55. The van der Waals surface area contributed by atoms with Gasteiger partial charge in [0.15, 0.2) is 12.2 Å². The Balaban J connectivity index is 1.68. The predicted molar refractivity (Wildman–Crippen MR) is 107 cm³/mol. The number of hydrogen-bond acceptors (Lipinski definition) is 7. The summed E-state index contributed by atoms with van der Waals surface area (Å²) in [5.74, 6) is -1.53. The summed E-state index contributed by atoms with van der Waals surface area (Å²) in [6, 6.07) is 6.67. The van der Waals surface area contributed by atoms with Crippen LogP contribution in [0.3, 0.4) is 0 Å². The van der Waals surface area contributed by atoms with Gasteiger partial charge in [-0.25, -0.2) is 4.79 Å². The summed E-state index contributed by atoms with van der Waals surface area (Å²) >= 11 is 0. The third-order valence-electron chi connectivity index (χ3n) is 4.78. The number of esters is 1. The molecule has 0 aromatic heterocycles. The first-order valence-corrected chi connectivity index (χ1v) is 9.98. The number of aliphatic hydroxyl groups excluding tert-OH is 1. The van der Waals surface area contributed by atoms with Crippen molar-refractivity contribution in [3.63, 3.8) is 0 Å². The van der Waals surface area contributed by atoms with E-state index in [1.54, 1.807) is 49.9 Å². The average molecular weight is 420 g/mol. The molecule has 0 spiro atoms. The Morgan fingerprint density at radius 2 is 1.73 bits per heavy atom. The van der Waals surface area contributed by atoms with E-state index in [2.05, 4.69) is 0 Å². The standard InChI is InChI=1S/C21H28N2O7/c1-21(2,3)30-20(27)16(24)17-19(26)23(10-13-29-17)15-6-4-14(5-7-15)18(25)22-8-11-28-12-9-22/h4-7,16-17,24H,8-13H2,1-3H3. The first-order chi connectivity index (χ1) is 14.2. The number of hydrogen-bond donors (Lipinski definition) is 1. The molecule has 2 saturated heterocycles. The van der Waals surface area contributed by atoms with E-state index in [-0.39, 0.29) is 19.1 Å². The van der Waals surface area contributed by atoms with Crippen molar-refractivity contribution in [1.82, 2.24) is 4.90 Å². The van der Waals surface area contributed by atoms with Gasteiger partial charge in [0.25, 0.3) is 11.8 Å². The molecule has 1 aromatic rings. The molecule has 0 saturated carbocycles. The van der Waals surface area contributed by atoms with E-state index >= 15 is 0 Å². The minimum Gasteiger partial charge on any atom is -0.458 e. The number of carbonyl (C=O) groups excluding carboxylic acids is 3. The topological polar surface area (TPSA) is 106 Å². The van der Waals surface area contributed by atoms with Crippen molar-refractivity contribution >= 4 is 23.5 Å². The second-order valence-corrected chi connectivity index (χ2v) is 8.21. The van der Waals surface area contributed by atoms with E-state index in [0.717, 1.165) is 0 Å². The van der Waals surface area contributed by atoms with E-state index < -0.39 is 29.7 Å². The number of aliphatic hydroxyl groups is 1. The van der Waals surface area contributed by atoms with Crippen LogP contribution in [-0.2, 0) is 23.8 Å². The van der Waals surface area contributed by atoms with Gasteiger partial charge in [-0.3, -0.25) is 9.59 Å². The van der Waals surface area contributed by atoms with E-state index in [1.807, 2.05) is 0 Å². The van der Waals surface area contributed by atoms with Crippen molar-refractivity contribution < 1.29 is 33.7 Å². The number of benzene rings is 1. The van der Waals surface area contributed by atoms with Gasteiger partial charge in [-0.2, -0.15) is 0 Å². The molecule has 0 radical (unpaired) electrons. The van der Waals surface area contributed by atoms with Crippen LogP contribution in [0.1, 0.15) is 31.1 Å². The van der Waals surface area contributed by atoms with Crippen LogP contribution >= 0.6 is 0 Å². The second-order valence-electron chi connectivity index (χ2n) is 8.21. The Labute approximate surface area is 175 Å². The Hall–Kier alpha value is -2.49. The summed E-state index contributed by atoms with van der Waals surface area (Å²) in [6.07, 6.45) is -3.06. The Morgan fingerprint density at radius 1 is 1.10 bits per heavy atom. The lowest BCUT2D eigenvalue weighted by molar-refractivity contribution is -0.177. The molecule has 9 nitrogen and oxygen atoms in total. The number of carbonyl (C=O) groups is 3. The second kappa shape index (κ2) is 9.11. The van der Waals surface area contributed by atoms with Crippen LogP contribution in [0.2, 0.25) is 0 Å². The summed E-state index contributed by atoms with van der Waals surface area (Å²) in [6.45, 7) is 7.59. The Morgan fingerprint density at radius 3 is 2.33 bits per heavy atom. The van der Waals surface area contributed by atoms with Crippen LogP contribution in [0, 0.1) is 0 Å². The summed E-state index contributed by atoms with van der Waals surface area (Å²) in [7, 11) is 0. The van der Waals surface area contributed by atoms with Gasteiger partial charge in [0.05, 0.1) is 19.8 Å². The van der Waals surface area contributed by atoms with Gasteiger partial charge >= 0.3 is 5.97 Å². The van der Waals surface area contributed by atoms with Gasteiger partial charge in [0.2, 0.25) is 0 Å². The first-order valence-electron chi connectivity index (χ1n) is 9.98. The maximum Gasteiger partial charge on any atom is 0.338 e. The smallest absolute Gasteiger partial charge is 0.338 e. The van der Waals surface area contributed by atoms with E-state index in [4.69, 9.17) is 14.2 Å². The highest BCUT2D eigenvalue weighted by Crippen LogP contribution is 2.22. The molecule has 1 aromatic carbocycles. The molecule has 1 N–H and O–H groups in total. The molecular formula is C21H28N2O7. The zero-order valence-electron chi connectivity index (χ0n) is 17.5. The van der Waals surface area contributed by atoms with Crippen LogP contribution in [0.4, 0.5) is 5.69 Å². The van der Waals surface area contributed by atoms with Crippen LogP contribution in [0.25, 0.3) is 0 Å². The van der Waals surface area contributed by atoms with Gasteiger partial charge in [-0.05, 0) is 45.0 Å². The molecule has 164 valence electrons. The highest BCUT2D eigenvalue weighted by atomic mass is 16.6. The molecule has 2 amide bonds. The zero-order chi connectivity index (χ0) is 21.9. The molecular weight excluding hydrogens is 392 g/mol. The van der Waals surface area contributed by atoms with Crippen molar-refractivity contribution in [3.8, 4) is 0 Å². The average Bonchev–Trinajstić information content (AvgIpc) is 2.72. The number of anilines is 1. The summed E-state index contributed by atoms with van der Waals surface area (Å²) in [5, 5.41) is 10.3. The van der Waals surface area contributed by atoms with Gasteiger partial charge in [-0.1, -0.05) is 0 Å². The number of morpholine rings is 2. The molecule has 9 heteroatoms. The third kappa shape index (κ3) is 5.16. The highest BCUT2D eigenvalue weighted by molar-refractivity contribution is 6.01. The minimum atomic E-state index is -1.72. The van der Waals surface area contributed by atoms with Gasteiger partial charge in [0, 0.05) is 30.9 Å². The molecule has 2 aliphatic heterocycles. The normalized spacial score (nSPS) is 21.3. The van der Waals surface area contributed by atoms with Crippen LogP contribution in [-0.4, -0.2) is 85.1 Å². The quantitative estimate of drug-likeness (QED) is 0.711. The maximum atomic E-state index is 12.8. The van der Waals surface area contributed by atoms with Crippen LogP contribution in [0.5, 0.6) is 0 Å². The molecule has 2 heterocycles. The summed E-state index contributed by atoms with van der Waals surface area (Å²) in [5.41, 5.74) is 0.285. The monoisotopic (exact) mass is 420 g/mol. The molecule has 0 bridgehead atoms. The number of rotatable bonds is 4. The molecule has 2 atom stereocenters. The highest BCUT2D eigenvalue weighted by Gasteiger charge is 2.41. The number of ether oxygens (including phenoxy) is 3. The maximum absolute atomic E-state index is 12.8. The van der Waals surface area contributed by atoms with E-state index in [1.165, 1.54) is 4.90 Å². The van der Waals surface area contributed by atoms with Gasteiger partial charge < -0.3 is 29.1 Å². The molecule has 3 rings (SSSR count). The van der Waals surface area contributed by atoms with Crippen molar-refractivity contribution in [2.45, 2.75) is 38.6 Å². The van der Waals surface area contributed by atoms with E-state index in [0.29, 0.717) is 37.6 Å². The fourth-order valence-electron chi connectivity index (χ4n) is 3.31. The lowest BCUT2D eigenvalue weighted by Gasteiger charge is -2.34. The summed E-state index contributed by atoms with van der Waals surface area (Å²) < 4.78 is 15.8. The van der Waals surface area contributed by atoms with E-state index in [9.17, 15) is 19.5 Å². The Kier molecular flexibility index (Phi) is 6.74. The van der Waals surface area contributed by atoms with Crippen molar-refractivity contribution in [3.05, 3.63) is 29.8 Å². The van der Waals surface area contributed by atoms with Crippen molar-refractivity contribution in [1.29, 1.82) is 0 Å². The fraction of sp³-hybridized carbons (Fsp3) is 0.571. The number of amides is 2. The molecule has 2 unspecified atom stereocenters. The largest absolute Gasteiger partial charge is 0.458 e. The lowest BCUT2D eigenvalue weighted by atomic mass is 10.1. The number of nitrogens with zero attached hydrogens (tertiary/aromatic N) is 2. The van der Waals surface area contributed by atoms with Crippen LogP contribution in [0.15, 0.2) is 24.3 Å². The first kappa shape index (κ1) is 22.2. The van der Waals surface area contributed by atoms with Crippen LogP contribution < -0.4 is 4.90 Å². The molecule has 2 aliphatic rings. The third-order valence-corrected chi connectivity index (χ3v) is 4.78. The molecule has 0 aliphatic carbocycles. The summed E-state index contributed by atoms with van der Waals surface area (Å²) in [4.78, 5) is 40.7. The van der Waals surface area contributed by atoms with Gasteiger partial charge in [-0.15, -0.1) is 0 Å².